The number of alkyl halides is 3. The highest BCUT2D eigenvalue weighted by atomic mass is 19.4. The maximum absolute atomic E-state index is 13.0. The van der Waals surface area contributed by atoms with E-state index in [9.17, 15) is 18.0 Å². The van der Waals surface area contributed by atoms with Crippen LogP contribution in [0.1, 0.15) is 34.5 Å². The van der Waals surface area contributed by atoms with Gasteiger partial charge in [-0.2, -0.15) is 18.3 Å². The maximum Gasteiger partial charge on any atom is 0.417 e. The Morgan fingerprint density at radius 1 is 1.21 bits per heavy atom. The predicted molar refractivity (Wildman–Crippen MR) is 95.4 cm³/mol. The highest BCUT2D eigenvalue weighted by molar-refractivity contribution is 5.95. The van der Waals surface area contributed by atoms with Crippen LogP contribution < -0.4 is 0 Å². The number of amides is 1. The minimum absolute atomic E-state index is 0.127. The number of ether oxygens (including phenoxy) is 2. The number of hydrogen-bond acceptors (Lipinski definition) is 5. The quantitative estimate of drug-likeness (QED) is 0.778. The molecule has 10 heteroatoms. The number of pyridine rings is 1. The summed E-state index contributed by atoms with van der Waals surface area (Å²) in [5, 5.41) is 4.17. The number of halogens is 3. The standard InChI is InChI=1S/C19H21F3N4O3/c1-12-15(10-24-26(12)16-5-4-14(9-23-16)19(20,21)22)17(27)25-6-2-3-13(11-25)18-28-7-8-29-18/h4-5,9-10,13,18H,2-3,6-8,11H2,1H3. The lowest BCUT2D eigenvalue weighted by atomic mass is 9.97. The highest BCUT2D eigenvalue weighted by Crippen LogP contribution is 2.29. The summed E-state index contributed by atoms with van der Waals surface area (Å²) in [5.41, 5.74) is 0.0939. The minimum atomic E-state index is -4.45. The van der Waals surface area contributed by atoms with Crippen molar-refractivity contribution in [1.29, 1.82) is 0 Å². The molecule has 0 bridgehead atoms. The Morgan fingerprint density at radius 3 is 2.62 bits per heavy atom. The third kappa shape index (κ3) is 3.99. The number of carbonyl (C=O) groups is 1. The van der Waals surface area contributed by atoms with Crippen molar-refractivity contribution in [1.82, 2.24) is 19.7 Å². The van der Waals surface area contributed by atoms with Crippen LogP contribution in [-0.4, -0.2) is 58.2 Å². The zero-order valence-electron chi connectivity index (χ0n) is 15.9. The van der Waals surface area contributed by atoms with Crippen LogP contribution in [-0.2, 0) is 15.7 Å². The largest absolute Gasteiger partial charge is 0.417 e. The second-order valence-corrected chi connectivity index (χ2v) is 7.22. The van der Waals surface area contributed by atoms with Gasteiger partial charge < -0.3 is 14.4 Å². The first-order chi connectivity index (χ1) is 13.8. The first-order valence-corrected chi connectivity index (χ1v) is 9.45. The summed E-state index contributed by atoms with van der Waals surface area (Å²) in [6.45, 7) is 4.00. The molecule has 29 heavy (non-hydrogen) atoms. The van der Waals surface area contributed by atoms with Crippen LogP contribution >= 0.6 is 0 Å². The smallest absolute Gasteiger partial charge is 0.350 e. The third-order valence-corrected chi connectivity index (χ3v) is 5.31. The summed E-state index contributed by atoms with van der Waals surface area (Å²) in [5.74, 6) is 0.185. The van der Waals surface area contributed by atoms with Gasteiger partial charge in [-0.25, -0.2) is 9.67 Å². The van der Waals surface area contributed by atoms with Gasteiger partial charge in [0.05, 0.1) is 36.2 Å². The molecule has 4 rings (SSSR count). The van der Waals surface area contributed by atoms with Gasteiger partial charge in [-0.05, 0) is 31.9 Å². The number of aromatic nitrogens is 3. The average molecular weight is 410 g/mol. The third-order valence-electron chi connectivity index (χ3n) is 5.31. The van der Waals surface area contributed by atoms with Gasteiger partial charge in [0, 0.05) is 25.2 Å². The Kier molecular flexibility index (Phi) is 5.30. The van der Waals surface area contributed by atoms with Crippen LogP contribution in [0, 0.1) is 12.8 Å². The van der Waals surface area contributed by atoms with E-state index in [0.29, 0.717) is 37.6 Å². The summed E-state index contributed by atoms with van der Waals surface area (Å²) in [4.78, 5) is 18.6. The minimum Gasteiger partial charge on any atom is -0.350 e. The van der Waals surface area contributed by atoms with E-state index in [0.717, 1.165) is 25.1 Å². The molecule has 2 aliphatic rings. The molecule has 2 fully saturated rings. The maximum atomic E-state index is 13.0. The zero-order chi connectivity index (χ0) is 20.6. The van der Waals surface area contributed by atoms with Crippen molar-refractivity contribution in [2.75, 3.05) is 26.3 Å². The van der Waals surface area contributed by atoms with E-state index < -0.39 is 11.7 Å². The van der Waals surface area contributed by atoms with E-state index in [-0.39, 0.29) is 23.9 Å². The SMILES string of the molecule is Cc1c(C(=O)N2CCCC(C3OCCO3)C2)cnn1-c1ccc(C(F)(F)F)cn1. The number of likely N-dealkylation sites (tertiary alicyclic amines) is 1. The van der Waals surface area contributed by atoms with Crippen molar-refractivity contribution in [3.8, 4) is 5.82 Å². The van der Waals surface area contributed by atoms with Crippen molar-refractivity contribution < 1.29 is 27.4 Å². The summed E-state index contributed by atoms with van der Waals surface area (Å²) in [6.07, 6.45) is -0.748. The van der Waals surface area contributed by atoms with Crippen molar-refractivity contribution in [2.24, 2.45) is 5.92 Å². The molecule has 7 nitrogen and oxygen atoms in total. The topological polar surface area (TPSA) is 69.5 Å². The Bertz CT molecular complexity index is 876. The molecule has 4 heterocycles. The van der Waals surface area contributed by atoms with E-state index in [1.807, 2.05) is 0 Å². The zero-order valence-corrected chi connectivity index (χ0v) is 15.9. The highest BCUT2D eigenvalue weighted by Gasteiger charge is 2.34. The van der Waals surface area contributed by atoms with Crippen LogP contribution in [0.5, 0.6) is 0 Å². The molecule has 0 spiro atoms. The molecule has 0 aliphatic carbocycles. The van der Waals surface area contributed by atoms with Crippen molar-refractivity contribution in [3.05, 3.63) is 41.3 Å². The van der Waals surface area contributed by atoms with Crippen molar-refractivity contribution in [2.45, 2.75) is 32.2 Å². The van der Waals surface area contributed by atoms with Crippen LogP contribution in [0.2, 0.25) is 0 Å². The molecule has 0 radical (unpaired) electrons. The Balaban J connectivity index is 1.51. The van der Waals surface area contributed by atoms with Gasteiger partial charge in [0.2, 0.25) is 0 Å². The lowest BCUT2D eigenvalue weighted by Gasteiger charge is -2.34. The molecule has 2 aromatic heterocycles. The molecule has 1 atom stereocenters. The van der Waals surface area contributed by atoms with Gasteiger partial charge in [0.15, 0.2) is 12.1 Å². The van der Waals surface area contributed by atoms with Crippen LogP contribution in [0.3, 0.4) is 0 Å². The fourth-order valence-electron chi connectivity index (χ4n) is 3.77. The fourth-order valence-corrected chi connectivity index (χ4v) is 3.77. The van der Waals surface area contributed by atoms with E-state index in [2.05, 4.69) is 10.1 Å². The van der Waals surface area contributed by atoms with Gasteiger partial charge in [-0.3, -0.25) is 4.79 Å². The predicted octanol–water partition coefficient (Wildman–Crippen LogP) is 2.82. The number of rotatable bonds is 3. The summed E-state index contributed by atoms with van der Waals surface area (Å²) >= 11 is 0. The number of hydrogen-bond donors (Lipinski definition) is 0. The number of nitrogens with zero attached hydrogens (tertiary/aromatic N) is 4. The fraction of sp³-hybridized carbons (Fsp3) is 0.526. The Hall–Kier alpha value is -2.46. The van der Waals surface area contributed by atoms with Crippen LogP contribution in [0.15, 0.2) is 24.5 Å². The van der Waals surface area contributed by atoms with Crippen LogP contribution in [0.25, 0.3) is 5.82 Å². The molecular formula is C19H21F3N4O3. The van der Waals surface area contributed by atoms with E-state index in [1.54, 1.807) is 11.8 Å². The van der Waals surface area contributed by atoms with Crippen LogP contribution in [0.4, 0.5) is 13.2 Å². The molecule has 2 saturated heterocycles. The molecule has 2 aromatic rings. The first kappa shape index (κ1) is 19.8. The number of piperidine rings is 1. The van der Waals surface area contributed by atoms with E-state index in [1.165, 1.54) is 16.9 Å². The van der Waals surface area contributed by atoms with E-state index >= 15 is 0 Å². The van der Waals surface area contributed by atoms with E-state index in [4.69, 9.17) is 9.47 Å². The molecule has 1 unspecified atom stereocenters. The molecule has 1 amide bonds. The van der Waals surface area contributed by atoms with Gasteiger partial charge in [0.1, 0.15) is 0 Å². The molecule has 0 aromatic carbocycles. The van der Waals surface area contributed by atoms with Gasteiger partial charge in [0.25, 0.3) is 5.91 Å². The average Bonchev–Trinajstić information content (AvgIpc) is 3.37. The summed E-state index contributed by atoms with van der Waals surface area (Å²) in [6, 6.07) is 2.19. The van der Waals surface area contributed by atoms with Gasteiger partial charge in [-0.15, -0.1) is 0 Å². The van der Waals surface area contributed by atoms with Crippen molar-refractivity contribution in [3.63, 3.8) is 0 Å². The molecule has 0 saturated carbocycles. The normalized spacial score (nSPS) is 21.0. The van der Waals surface area contributed by atoms with Gasteiger partial charge >= 0.3 is 6.18 Å². The Labute approximate surface area is 165 Å². The monoisotopic (exact) mass is 410 g/mol. The number of carbonyl (C=O) groups excluding carboxylic acids is 1. The second kappa shape index (κ2) is 7.75. The Morgan fingerprint density at radius 2 is 1.97 bits per heavy atom. The lowest BCUT2D eigenvalue weighted by Crippen LogP contribution is -2.44. The molecular weight excluding hydrogens is 389 g/mol. The second-order valence-electron chi connectivity index (χ2n) is 7.22. The molecule has 2 aliphatic heterocycles. The van der Waals surface area contributed by atoms with Crippen molar-refractivity contribution >= 4 is 5.91 Å². The summed E-state index contributed by atoms with van der Waals surface area (Å²) < 4.78 is 50.7. The summed E-state index contributed by atoms with van der Waals surface area (Å²) in [7, 11) is 0. The lowest BCUT2D eigenvalue weighted by molar-refractivity contribution is -0.137. The first-order valence-electron chi connectivity index (χ1n) is 9.45. The molecule has 156 valence electrons. The van der Waals surface area contributed by atoms with Gasteiger partial charge in [-0.1, -0.05) is 0 Å². The molecule has 0 N–H and O–H groups in total.